The predicted octanol–water partition coefficient (Wildman–Crippen LogP) is 3.10. The number of carbonyl (C=O) groups excluding carboxylic acids is 1. The Morgan fingerprint density at radius 1 is 1.37 bits per heavy atom. The molecule has 0 aliphatic rings. The van der Waals surface area contributed by atoms with Crippen LogP contribution in [0.4, 0.5) is 0 Å². The second-order valence-electron chi connectivity index (χ2n) is 3.78. The molecule has 0 fully saturated rings. The number of nitrogens with zero attached hydrogens (tertiary/aromatic N) is 1. The van der Waals surface area contributed by atoms with E-state index in [4.69, 9.17) is 21.1 Å². The van der Waals surface area contributed by atoms with Crippen LogP contribution in [0, 0.1) is 0 Å². The van der Waals surface area contributed by atoms with Crippen molar-refractivity contribution in [3.63, 3.8) is 0 Å². The highest BCUT2D eigenvalue weighted by Crippen LogP contribution is 2.17. The van der Waals surface area contributed by atoms with Gasteiger partial charge in [-0.3, -0.25) is 4.98 Å². The standard InChI is InChI=1S/C14H12ClNO3/c1-18-11-4-2-3-10(7-11)9-19-14(17)12-8-16-6-5-13(12)15/h2-8H,9H2,1H3. The summed E-state index contributed by atoms with van der Waals surface area (Å²) in [5.41, 5.74) is 1.10. The van der Waals surface area contributed by atoms with E-state index < -0.39 is 5.97 Å². The monoisotopic (exact) mass is 277 g/mol. The van der Waals surface area contributed by atoms with Crippen molar-refractivity contribution in [2.75, 3.05) is 7.11 Å². The van der Waals surface area contributed by atoms with Gasteiger partial charge in [0.15, 0.2) is 0 Å². The average molecular weight is 278 g/mol. The lowest BCUT2D eigenvalue weighted by Crippen LogP contribution is -2.06. The molecular weight excluding hydrogens is 266 g/mol. The zero-order chi connectivity index (χ0) is 13.7. The normalized spacial score (nSPS) is 10.0. The highest BCUT2D eigenvalue weighted by Gasteiger charge is 2.11. The first-order chi connectivity index (χ1) is 9.20. The minimum atomic E-state index is -0.499. The molecule has 0 saturated heterocycles. The summed E-state index contributed by atoms with van der Waals surface area (Å²) in [5, 5.41) is 0.325. The Hall–Kier alpha value is -2.07. The first kappa shape index (κ1) is 13.4. The molecule has 2 aromatic rings. The highest BCUT2D eigenvalue weighted by atomic mass is 35.5. The maximum Gasteiger partial charge on any atom is 0.341 e. The summed E-state index contributed by atoms with van der Waals surface area (Å²) >= 11 is 5.89. The van der Waals surface area contributed by atoms with Gasteiger partial charge in [0.1, 0.15) is 12.4 Å². The Kier molecular flexibility index (Phi) is 4.36. The highest BCUT2D eigenvalue weighted by molar-refractivity contribution is 6.33. The second kappa shape index (κ2) is 6.20. The summed E-state index contributed by atoms with van der Waals surface area (Å²) < 4.78 is 10.3. The van der Waals surface area contributed by atoms with Crippen molar-refractivity contribution in [2.45, 2.75) is 6.61 Å². The average Bonchev–Trinajstić information content (AvgIpc) is 2.45. The molecule has 0 N–H and O–H groups in total. The fraction of sp³-hybridized carbons (Fsp3) is 0.143. The molecule has 1 aromatic heterocycles. The summed E-state index contributed by atoms with van der Waals surface area (Å²) in [4.78, 5) is 15.7. The number of ether oxygens (including phenoxy) is 2. The molecule has 0 aliphatic heterocycles. The Labute approximate surface area is 115 Å². The van der Waals surface area contributed by atoms with Gasteiger partial charge in [-0.25, -0.2) is 4.79 Å². The maximum absolute atomic E-state index is 11.8. The first-order valence-electron chi connectivity index (χ1n) is 5.60. The summed E-state index contributed by atoms with van der Waals surface area (Å²) in [5.74, 6) is 0.217. The molecule has 19 heavy (non-hydrogen) atoms. The predicted molar refractivity (Wildman–Crippen MR) is 71.4 cm³/mol. The van der Waals surface area contributed by atoms with Crippen LogP contribution in [0.25, 0.3) is 0 Å². The molecule has 0 spiro atoms. The Balaban J connectivity index is 2.02. The van der Waals surface area contributed by atoms with E-state index in [1.54, 1.807) is 19.2 Å². The molecule has 0 unspecified atom stereocenters. The smallest absolute Gasteiger partial charge is 0.341 e. The molecular formula is C14H12ClNO3. The fourth-order valence-electron chi connectivity index (χ4n) is 1.52. The number of methoxy groups -OCH3 is 1. The summed E-state index contributed by atoms with van der Waals surface area (Å²) in [7, 11) is 1.58. The van der Waals surface area contributed by atoms with Crippen molar-refractivity contribution in [1.29, 1.82) is 0 Å². The minimum absolute atomic E-state index is 0.154. The Morgan fingerprint density at radius 2 is 2.21 bits per heavy atom. The van der Waals surface area contributed by atoms with Gasteiger partial charge in [0, 0.05) is 12.4 Å². The minimum Gasteiger partial charge on any atom is -0.497 e. The Bertz CT molecular complexity index is 586. The maximum atomic E-state index is 11.8. The van der Waals surface area contributed by atoms with Crippen LogP contribution < -0.4 is 4.74 Å². The van der Waals surface area contributed by atoms with E-state index in [-0.39, 0.29) is 12.2 Å². The summed E-state index contributed by atoms with van der Waals surface area (Å²) in [6, 6.07) is 8.85. The first-order valence-corrected chi connectivity index (χ1v) is 5.98. The van der Waals surface area contributed by atoms with Gasteiger partial charge in [-0.15, -0.1) is 0 Å². The number of esters is 1. The molecule has 98 valence electrons. The summed E-state index contributed by atoms with van der Waals surface area (Å²) in [6.45, 7) is 0.154. The van der Waals surface area contributed by atoms with E-state index in [0.29, 0.717) is 10.8 Å². The quantitative estimate of drug-likeness (QED) is 0.806. The molecule has 4 nitrogen and oxygen atoms in total. The fourth-order valence-corrected chi connectivity index (χ4v) is 1.70. The van der Waals surface area contributed by atoms with Gasteiger partial charge in [0.05, 0.1) is 17.7 Å². The molecule has 0 amide bonds. The van der Waals surface area contributed by atoms with Crippen LogP contribution in [-0.2, 0) is 11.3 Å². The molecule has 0 aliphatic carbocycles. The van der Waals surface area contributed by atoms with E-state index >= 15 is 0 Å². The zero-order valence-corrected chi connectivity index (χ0v) is 11.1. The number of halogens is 1. The topological polar surface area (TPSA) is 48.4 Å². The van der Waals surface area contributed by atoms with E-state index in [1.165, 1.54) is 12.4 Å². The number of pyridine rings is 1. The third kappa shape index (κ3) is 3.45. The number of benzene rings is 1. The van der Waals surface area contributed by atoms with Crippen molar-refractivity contribution in [1.82, 2.24) is 4.98 Å². The molecule has 0 saturated carbocycles. The van der Waals surface area contributed by atoms with Crippen LogP contribution in [0.2, 0.25) is 5.02 Å². The van der Waals surface area contributed by atoms with Gasteiger partial charge in [0.2, 0.25) is 0 Å². The molecule has 0 atom stereocenters. The van der Waals surface area contributed by atoms with Crippen molar-refractivity contribution < 1.29 is 14.3 Å². The molecule has 0 radical (unpaired) electrons. The van der Waals surface area contributed by atoms with Crippen molar-refractivity contribution in [3.05, 3.63) is 58.9 Å². The molecule has 2 rings (SSSR count). The number of carbonyl (C=O) groups is 1. The van der Waals surface area contributed by atoms with Crippen molar-refractivity contribution in [3.8, 4) is 5.75 Å². The number of rotatable bonds is 4. The number of hydrogen-bond donors (Lipinski definition) is 0. The van der Waals surface area contributed by atoms with Crippen LogP contribution in [0.15, 0.2) is 42.7 Å². The lowest BCUT2D eigenvalue weighted by atomic mass is 10.2. The van der Waals surface area contributed by atoms with E-state index in [0.717, 1.165) is 5.56 Å². The van der Waals surface area contributed by atoms with Crippen LogP contribution in [0.3, 0.4) is 0 Å². The second-order valence-corrected chi connectivity index (χ2v) is 4.19. The zero-order valence-electron chi connectivity index (χ0n) is 10.3. The summed E-state index contributed by atoms with van der Waals surface area (Å²) in [6.07, 6.45) is 2.90. The molecule has 5 heteroatoms. The van der Waals surface area contributed by atoms with E-state index in [2.05, 4.69) is 4.98 Å². The number of hydrogen-bond acceptors (Lipinski definition) is 4. The van der Waals surface area contributed by atoms with Gasteiger partial charge >= 0.3 is 5.97 Å². The lowest BCUT2D eigenvalue weighted by molar-refractivity contribution is 0.0472. The van der Waals surface area contributed by atoms with Gasteiger partial charge in [0.25, 0.3) is 0 Å². The molecule has 1 heterocycles. The molecule has 0 bridgehead atoms. The van der Waals surface area contributed by atoms with Crippen molar-refractivity contribution in [2.24, 2.45) is 0 Å². The van der Waals surface area contributed by atoms with Crippen LogP contribution in [0.5, 0.6) is 5.75 Å². The van der Waals surface area contributed by atoms with Gasteiger partial charge < -0.3 is 9.47 Å². The number of aromatic nitrogens is 1. The van der Waals surface area contributed by atoms with E-state index in [1.807, 2.05) is 18.2 Å². The van der Waals surface area contributed by atoms with Crippen LogP contribution in [0.1, 0.15) is 15.9 Å². The SMILES string of the molecule is COc1cccc(COC(=O)c2cnccc2Cl)c1. The Morgan fingerprint density at radius 3 is 2.95 bits per heavy atom. The third-order valence-corrected chi connectivity index (χ3v) is 2.82. The third-order valence-electron chi connectivity index (χ3n) is 2.49. The van der Waals surface area contributed by atoms with Gasteiger partial charge in [-0.1, -0.05) is 23.7 Å². The van der Waals surface area contributed by atoms with Crippen LogP contribution >= 0.6 is 11.6 Å². The van der Waals surface area contributed by atoms with Gasteiger partial charge in [-0.05, 0) is 23.8 Å². The van der Waals surface area contributed by atoms with Crippen molar-refractivity contribution >= 4 is 17.6 Å². The van der Waals surface area contributed by atoms with E-state index in [9.17, 15) is 4.79 Å². The van der Waals surface area contributed by atoms with Crippen LogP contribution in [-0.4, -0.2) is 18.1 Å². The largest absolute Gasteiger partial charge is 0.497 e. The van der Waals surface area contributed by atoms with Gasteiger partial charge in [-0.2, -0.15) is 0 Å². The lowest BCUT2D eigenvalue weighted by Gasteiger charge is -2.07. The molecule has 1 aromatic carbocycles.